The van der Waals surface area contributed by atoms with E-state index in [1.807, 2.05) is 7.05 Å². The Hall–Kier alpha value is -0.850. The molecule has 0 aliphatic heterocycles. The molecule has 0 unspecified atom stereocenters. The Balaban J connectivity index is 0.00000361. The minimum Gasteiger partial charge on any atom is -0.357 e. The van der Waals surface area contributed by atoms with E-state index in [-0.39, 0.29) is 29.8 Å². The molecule has 0 spiro atoms. The van der Waals surface area contributed by atoms with Crippen LogP contribution in [0.3, 0.4) is 0 Å². The molecule has 0 amide bonds. The molecule has 0 heterocycles. The van der Waals surface area contributed by atoms with Crippen LogP contribution in [0.5, 0.6) is 0 Å². The second-order valence-electron chi connectivity index (χ2n) is 4.57. The second-order valence-corrected chi connectivity index (χ2v) is 4.57. The lowest BCUT2D eigenvalue weighted by Crippen LogP contribution is -2.39. The Labute approximate surface area is 138 Å². The van der Waals surface area contributed by atoms with Crippen molar-refractivity contribution in [1.82, 2.24) is 10.2 Å². The maximum absolute atomic E-state index is 12.8. The predicted octanol–water partition coefficient (Wildman–Crippen LogP) is 3.64. The number of hydrogen-bond donors (Lipinski definition) is 1. The molecule has 5 heteroatoms. The molecule has 0 aromatic heterocycles. The maximum Gasteiger partial charge on any atom is 0.193 e. The van der Waals surface area contributed by atoms with Crippen molar-refractivity contribution >= 4 is 29.9 Å². The molecule has 0 radical (unpaired) electrons. The summed E-state index contributed by atoms with van der Waals surface area (Å²) in [6, 6.07) is 6.49. The maximum atomic E-state index is 12.8. The van der Waals surface area contributed by atoms with Gasteiger partial charge in [0.05, 0.1) is 6.54 Å². The number of unbranched alkanes of at least 4 members (excludes halogenated alkanes) is 1. The molecule has 3 nitrogen and oxygen atoms in total. The summed E-state index contributed by atoms with van der Waals surface area (Å²) in [5.41, 5.74) is 1.01. The van der Waals surface area contributed by atoms with E-state index in [4.69, 9.17) is 0 Å². The molecular formula is C15H25FIN3. The fourth-order valence-electron chi connectivity index (χ4n) is 1.73. The molecule has 0 bridgehead atoms. The third kappa shape index (κ3) is 7.07. The fraction of sp³-hybridized carbons (Fsp3) is 0.533. The topological polar surface area (TPSA) is 27.6 Å². The number of rotatable bonds is 6. The number of guanidine groups is 1. The van der Waals surface area contributed by atoms with E-state index in [2.05, 4.69) is 29.1 Å². The Morgan fingerprint density at radius 3 is 2.45 bits per heavy atom. The molecule has 0 saturated heterocycles. The van der Waals surface area contributed by atoms with Crippen LogP contribution in [0, 0.1) is 5.82 Å². The van der Waals surface area contributed by atoms with Gasteiger partial charge in [0.1, 0.15) is 5.82 Å². The Bertz CT molecular complexity index is 393. The zero-order valence-corrected chi connectivity index (χ0v) is 14.9. The Kier molecular flexibility index (Phi) is 10.4. The summed E-state index contributed by atoms with van der Waals surface area (Å²) < 4.78 is 12.8. The second kappa shape index (κ2) is 10.9. The molecule has 1 aromatic carbocycles. The number of hydrogen-bond acceptors (Lipinski definition) is 1. The molecule has 1 rings (SSSR count). The summed E-state index contributed by atoms with van der Waals surface area (Å²) >= 11 is 0. The third-order valence-electron chi connectivity index (χ3n) is 2.87. The van der Waals surface area contributed by atoms with Crippen LogP contribution in [-0.2, 0) is 6.54 Å². The average molecular weight is 393 g/mol. The summed E-state index contributed by atoms with van der Waals surface area (Å²) in [6.07, 6.45) is 2.32. The summed E-state index contributed by atoms with van der Waals surface area (Å²) in [5, 5.41) is 3.27. The molecular weight excluding hydrogens is 368 g/mol. The molecule has 0 aliphatic rings. The van der Waals surface area contributed by atoms with Crippen LogP contribution < -0.4 is 5.32 Å². The highest BCUT2D eigenvalue weighted by Crippen LogP contribution is 2.04. The van der Waals surface area contributed by atoms with E-state index in [1.54, 1.807) is 12.1 Å². The Morgan fingerprint density at radius 1 is 1.25 bits per heavy atom. The van der Waals surface area contributed by atoms with E-state index in [1.165, 1.54) is 18.6 Å². The zero-order valence-electron chi connectivity index (χ0n) is 12.5. The van der Waals surface area contributed by atoms with Crippen molar-refractivity contribution in [1.29, 1.82) is 0 Å². The van der Waals surface area contributed by atoms with Crippen LogP contribution in [-0.4, -0.2) is 31.0 Å². The van der Waals surface area contributed by atoms with Gasteiger partial charge in [-0.2, -0.15) is 0 Å². The van der Waals surface area contributed by atoms with Crippen molar-refractivity contribution in [3.8, 4) is 0 Å². The van der Waals surface area contributed by atoms with Gasteiger partial charge in [0.25, 0.3) is 0 Å². The first-order chi connectivity index (χ1) is 9.17. The van der Waals surface area contributed by atoms with Crippen LogP contribution in [0.1, 0.15) is 32.3 Å². The Morgan fingerprint density at radius 2 is 1.90 bits per heavy atom. The zero-order chi connectivity index (χ0) is 14.1. The predicted molar refractivity (Wildman–Crippen MR) is 94.2 cm³/mol. The highest BCUT2D eigenvalue weighted by molar-refractivity contribution is 14.0. The van der Waals surface area contributed by atoms with Gasteiger partial charge in [-0.05, 0) is 31.0 Å². The lowest BCUT2D eigenvalue weighted by Gasteiger charge is -2.21. The van der Waals surface area contributed by atoms with Gasteiger partial charge in [-0.1, -0.05) is 25.5 Å². The quantitative estimate of drug-likeness (QED) is 0.454. The summed E-state index contributed by atoms with van der Waals surface area (Å²) in [4.78, 5) is 6.71. The first-order valence-corrected chi connectivity index (χ1v) is 6.91. The molecule has 1 N–H and O–H groups in total. The van der Waals surface area contributed by atoms with Crippen molar-refractivity contribution < 1.29 is 4.39 Å². The van der Waals surface area contributed by atoms with Gasteiger partial charge in [-0.3, -0.25) is 0 Å². The van der Waals surface area contributed by atoms with Gasteiger partial charge in [0, 0.05) is 20.1 Å². The summed E-state index contributed by atoms with van der Waals surface area (Å²) in [5.74, 6) is 0.694. The van der Waals surface area contributed by atoms with Gasteiger partial charge < -0.3 is 10.2 Å². The molecule has 0 saturated carbocycles. The van der Waals surface area contributed by atoms with Crippen LogP contribution in [0.15, 0.2) is 29.3 Å². The molecule has 20 heavy (non-hydrogen) atoms. The van der Waals surface area contributed by atoms with E-state index >= 15 is 0 Å². The molecule has 0 atom stereocenters. The van der Waals surface area contributed by atoms with Crippen LogP contribution in [0.4, 0.5) is 4.39 Å². The summed E-state index contributed by atoms with van der Waals surface area (Å²) in [6.45, 7) is 6.64. The van der Waals surface area contributed by atoms with E-state index in [0.717, 1.165) is 31.0 Å². The highest BCUT2D eigenvalue weighted by atomic mass is 127. The number of halogens is 2. The summed E-state index contributed by atoms with van der Waals surface area (Å²) in [7, 11) is 2.04. The van der Waals surface area contributed by atoms with Crippen molar-refractivity contribution in [2.75, 3.05) is 20.1 Å². The van der Waals surface area contributed by atoms with E-state index in [9.17, 15) is 4.39 Å². The standard InChI is InChI=1S/C15H24FN3.HI/c1-4-6-11-19(3)15(17-5-2)18-12-13-7-9-14(16)10-8-13;/h7-10H,4-6,11-12H2,1-3H3,(H,17,18);1H. The van der Waals surface area contributed by atoms with Crippen molar-refractivity contribution in [2.24, 2.45) is 4.99 Å². The van der Waals surface area contributed by atoms with E-state index in [0.29, 0.717) is 6.54 Å². The highest BCUT2D eigenvalue weighted by Gasteiger charge is 2.04. The van der Waals surface area contributed by atoms with Crippen LogP contribution >= 0.6 is 24.0 Å². The fourth-order valence-corrected chi connectivity index (χ4v) is 1.73. The van der Waals surface area contributed by atoms with E-state index < -0.39 is 0 Å². The first kappa shape index (κ1) is 19.1. The average Bonchev–Trinajstić information content (AvgIpc) is 2.42. The number of nitrogens with one attached hydrogen (secondary N) is 1. The van der Waals surface area contributed by atoms with Gasteiger partial charge in [-0.15, -0.1) is 24.0 Å². The minimum absolute atomic E-state index is 0. The number of benzene rings is 1. The minimum atomic E-state index is -0.209. The molecule has 0 fully saturated rings. The SMILES string of the molecule is CCCCN(C)C(=NCc1ccc(F)cc1)NCC.I. The lowest BCUT2D eigenvalue weighted by atomic mass is 10.2. The largest absolute Gasteiger partial charge is 0.357 e. The third-order valence-corrected chi connectivity index (χ3v) is 2.87. The number of aliphatic imine (C=N–C) groups is 1. The van der Waals surface area contributed by atoms with Crippen molar-refractivity contribution in [3.63, 3.8) is 0 Å². The smallest absolute Gasteiger partial charge is 0.193 e. The van der Waals surface area contributed by atoms with Gasteiger partial charge in [0.2, 0.25) is 0 Å². The van der Waals surface area contributed by atoms with Gasteiger partial charge in [0.15, 0.2) is 5.96 Å². The molecule has 1 aromatic rings. The molecule has 114 valence electrons. The normalized spacial score (nSPS) is 10.9. The first-order valence-electron chi connectivity index (χ1n) is 6.91. The van der Waals surface area contributed by atoms with Crippen LogP contribution in [0.25, 0.3) is 0 Å². The lowest BCUT2D eigenvalue weighted by molar-refractivity contribution is 0.465. The number of nitrogens with zero attached hydrogens (tertiary/aromatic N) is 2. The monoisotopic (exact) mass is 393 g/mol. The van der Waals surface area contributed by atoms with Crippen molar-refractivity contribution in [2.45, 2.75) is 33.2 Å². The van der Waals surface area contributed by atoms with Crippen LogP contribution in [0.2, 0.25) is 0 Å². The van der Waals surface area contributed by atoms with Gasteiger partial charge >= 0.3 is 0 Å². The molecule has 0 aliphatic carbocycles. The van der Waals surface area contributed by atoms with Gasteiger partial charge in [-0.25, -0.2) is 9.38 Å². The van der Waals surface area contributed by atoms with Crippen molar-refractivity contribution in [3.05, 3.63) is 35.6 Å².